The summed E-state index contributed by atoms with van der Waals surface area (Å²) in [7, 11) is 4.63. The van der Waals surface area contributed by atoms with Crippen molar-refractivity contribution in [2.24, 2.45) is 47.3 Å². The first-order valence-corrected chi connectivity index (χ1v) is 42.7. The number of ether oxygens (including phenoxy) is 1. The predicted octanol–water partition coefficient (Wildman–Crippen LogP) is 11.8. The molecule has 0 aromatic carbocycles. The van der Waals surface area contributed by atoms with Gasteiger partial charge in [0.25, 0.3) is 23.6 Å². The molecule has 6 aliphatic rings. The highest BCUT2D eigenvalue weighted by Crippen LogP contribution is 2.47. The van der Waals surface area contributed by atoms with E-state index in [1.54, 1.807) is 62.9 Å². The minimum atomic E-state index is -4.70. The number of aromatic nitrogens is 15. The quantitative estimate of drug-likeness (QED) is 0.0237. The molecule has 6 fully saturated rings. The van der Waals surface area contributed by atoms with E-state index in [4.69, 9.17) is 45.2 Å². The number of amides is 6. The van der Waals surface area contributed by atoms with Gasteiger partial charge < -0.3 is 46.4 Å². The summed E-state index contributed by atoms with van der Waals surface area (Å²) in [5, 5.41) is 44.4. The van der Waals surface area contributed by atoms with Gasteiger partial charge >= 0.3 is 12.4 Å². The summed E-state index contributed by atoms with van der Waals surface area (Å²) in [6.07, 6.45) is -9.47. The van der Waals surface area contributed by atoms with Gasteiger partial charge in [0, 0.05) is 160 Å². The van der Waals surface area contributed by atoms with E-state index in [0.29, 0.717) is 12.1 Å². The average molecular weight is 1800 g/mol. The Kier molecular flexibility index (Phi) is 25.6. The highest BCUT2D eigenvalue weighted by atomic mass is 19.4. The Morgan fingerprint density at radius 1 is 0.496 bits per heavy atom. The molecule has 8 atom stereocenters. The Morgan fingerprint density at radius 2 is 0.866 bits per heavy atom. The second-order valence-electron chi connectivity index (χ2n) is 34.7. The number of imidazole rings is 3. The van der Waals surface area contributed by atoms with E-state index in [-0.39, 0.29) is 182 Å². The highest BCUT2D eigenvalue weighted by molar-refractivity contribution is 5.94. The fraction of sp³-hybridized carbons (Fsp3) is 0.602. The van der Waals surface area contributed by atoms with Crippen molar-refractivity contribution in [1.82, 2.24) is 105 Å². The molecule has 3 aliphatic carbocycles. The van der Waals surface area contributed by atoms with Crippen molar-refractivity contribution in [1.29, 1.82) is 0 Å². The van der Waals surface area contributed by atoms with Crippen LogP contribution in [0.2, 0.25) is 0 Å². The lowest BCUT2D eigenvalue weighted by Gasteiger charge is -2.33. The summed E-state index contributed by atoms with van der Waals surface area (Å²) in [4.78, 5) is 102. The summed E-state index contributed by atoms with van der Waals surface area (Å²) >= 11 is 0. The van der Waals surface area contributed by atoms with Crippen molar-refractivity contribution < 1.29 is 95.0 Å². The Morgan fingerprint density at radius 3 is 1.26 bits per heavy atom. The number of halogens is 14. The second-order valence-corrected chi connectivity index (χ2v) is 34.7. The molecule has 0 spiro atoms. The van der Waals surface area contributed by atoms with Crippen molar-refractivity contribution in [2.45, 2.75) is 230 Å². The van der Waals surface area contributed by atoms with Gasteiger partial charge in [-0.15, -0.1) is 0 Å². The summed E-state index contributed by atoms with van der Waals surface area (Å²) < 4.78 is 219. The molecule has 15 rings (SSSR count). The lowest BCUT2D eigenvalue weighted by molar-refractivity contribution is -0.184. The normalized spacial score (nSPS) is 22.1. The van der Waals surface area contributed by atoms with Gasteiger partial charge in [0.2, 0.25) is 35.5 Å². The fourth-order valence-electron chi connectivity index (χ4n) is 18.7. The number of methoxy groups -OCH3 is 1. The van der Waals surface area contributed by atoms with E-state index >= 15 is 22.4 Å². The van der Waals surface area contributed by atoms with E-state index in [1.807, 2.05) is 0 Å². The zero-order chi connectivity index (χ0) is 90.7. The number of carbonyl (C=O) groups excluding carboxylic acids is 6. The van der Waals surface area contributed by atoms with Gasteiger partial charge in [0.15, 0.2) is 16.9 Å². The smallest absolute Gasteiger partial charge is 0.380 e. The van der Waals surface area contributed by atoms with Crippen LogP contribution in [0.3, 0.4) is 0 Å². The van der Waals surface area contributed by atoms with Gasteiger partial charge in [-0.25, -0.2) is 63.6 Å². The largest absolute Gasteiger partial charge is 0.393 e. The number of aryl methyl sites for hydroxylation is 3. The first kappa shape index (κ1) is 90.7. The Bertz CT molecular complexity index is 5550. The van der Waals surface area contributed by atoms with Crippen LogP contribution in [0.4, 0.5) is 72.8 Å². The molecule has 6 N–H and O–H groups in total. The average Bonchev–Trinajstić information content (AvgIpc) is 1.65. The molecule has 3 unspecified atom stereocenters. The number of alkyl halides is 14. The van der Waals surface area contributed by atoms with Crippen LogP contribution in [0.5, 0.6) is 0 Å². The van der Waals surface area contributed by atoms with Crippen molar-refractivity contribution in [3.05, 3.63) is 129 Å². The number of carbonyl (C=O) groups is 6. The van der Waals surface area contributed by atoms with E-state index in [1.165, 1.54) is 77.7 Å². The van der Waals surface area contributed by atoms with Gasteiger partial charge in [-0.05, 0) is 114 Å². The molecule has 9 aromatic heterocycles. The standard InChI is InChI=1S/C83H99F14N23O7/c1-7-115-61(16-23-101-115)75(124)105-69(44-10-17-78(84,85)18-11-44)59-40-120-68(103-59)33-63(57(112-120)28-49-34-81(90,91)43-100-74(49)123)114(5)38-54-31-65(117(9-3)109-54)77(126)107-71(46-14-21-80(88,89)22-15-46)60-41-119-67(104-60)32-62(56(111-119)27-48-25-52(83(95,96)97)36-99-73(48)122)113(4)37-53-30-64(116(8-2)108-53)76(125)106-70(45-12-19-79(86,87)20-13-45)58-39-118-66(102-58)29-50(42-127-6)55(110-118)26-47-24-51(82(92,93)94)35-98-72(47)121/h16,23,29-33,39-41,44-49,51-52,69-71H,7-15,17-22,24-28,34-38,42-43H2,1-6H3,(H,98,121)(H,99,122)(H,100,123)(H,105,124)(H,106,125)(H,107,126)/t47?,48?,49?,51-,52-,69+,70+,71+/m1/s1. The van der Waals surface area contributed by atoms with Crippen LogP contribution in [0.15, 0.2) is 61.2 Å². The molecular weight excluding hydrogens is 1700 g/mol. The topological polar surface area (TPSA) is 334 Å². The zero-order valence-corrected chi connectivity index (χ0v) is 70.5. The lowest BCUT2D eigenvalue weighted by atomic mass is 9.81. The van der Waals surface area contributed by atoms with E-state index < -0.39 is 214 Å². The van der Waals surface area contributed by atoms with E-state index in [9.17, 15) is 67.9 Å². The Balaban J connectivity index is 0.720. The van der Waals surface area contributed by atoms with E-state index in [2.05, 4.69) is 37.0 Å². The molecule has 3 saturated heterocycles. The van der Waals surface area contributed by atoms with E-state index in [0.717, 1.165) is 0 Å². The fourth-order valence-corrected chi connectivity index (χ4v) is 18.7. The number of fused-ring (bicyclic) bond motifs is 3. The molecule has 3 saturated carbocycles. The summed E-state index contributed by atoms with van der Waals surface area (Å²) in [6, 6.07) is 6.14. The Labute approximate surface area is 718 Å². The number of piperidine rings is 3. The van der Waals surface area contributed by atoms with Gasteiger partial charge in [0.1, 0.15) is 17.1 Å². The van der Waals surface area contributed by atoms with Crippen LogP contribution in [-0.2, 0) is 77.7 Å². The SMILES string of the molecule is CCn1nc(CN(C)c2cc3nc([C@@H](NC(=O)c4cc(CN(C)c5cc6nc([C@@H](NC(=O)c7ccnn7CC)C7CCC(F)(F)CC7)cn6nc5CC5CC(F)(F)CNC5=O)nn4CC)C4CCC(F)(F)CC4)cn3nc2CC2C[C@@H](C(F)(F)F)CNC2=O)cc1C(=O)N[C@H](c1cn2nc(CC3C[C@@H](C(F)(F)F)CNC3=O)c(COC)cc2n1)C1CCC(F)(F)CC1. The van der Waals surface area contributed by atoms with Crippen molar-refractivity contribution in [3.8, 4) is 0 Å². The third-order valence-corrected chi connectivity index (χ3v) is 25.7. The number of hydrogen-bond donors (Lipinski definition) is 6. The molecule has 12 heterocycles. The van der Waals surface area contributed by atoms with Gasteiger partial charge in [-0.2, -0.15) is 56.9 Å². The third kappa shape index (κ3) is 20.3. The monoisotopic (exact) mass is 1800 g/mol. The maximum Gasteiger partial charge on any atom is 0.393 e. The lowest BCUT2D eigenvalue weighted by Crippen LogP contribution is -2.48. The number of hydrogen-bond acceptors (Lipinski definition) is 18. The maximum absolute atomic E-state index is 15.2. The zero-order valence-electron chi connectivity index (χ0n) is 70.5. The molecule has 3 aliphatic heterocycles. The minimum absolute atomic E-state index is 0.00210. The van der Waals surface area contributed by atoms with Crippen LogP contribution >= 0.6 is 0 Å². The first-order chi connectivity index (χ1) is 60.1. The number of anilines is 2. The Hall–Kier alpha value is -11.1. The van der Waals surface area contributed by atoms with Crippen molar-refractivity contribution in [3.63, 3.8) is 0 Å². The molecule has 0 radical (unpaired) electrons. The molecule has 9 aromatic rings. The first-order valence-electron chi connectivity index (χ1n) is 42.7. The molecular formula is C83H99F14N23O7. The van der Waals surface area contributed by atoms with Crippen LogP contribution in [0.25, 0.3) is 16.9 Å². The second kappa shape index (κ2) is 35.8. The van der Waals surface area contributed by atoms with Crippen LogP contribution in [0.1, 0.15) is 218 Å². The van der Waals surface area contributed by atoms with Gasteiger partial charge in [-0.3, -0.25) is 42.8 Å². The van der Waals surface area contributed by atoms with Gasteiger partial charge in [-0.1, -0.05) is 0 Å². The molecule has 6 amide bonds. The maximum atomic E-state index is 15.2. The third-order valence-electron chi connectivity index (χ3n) is 25.7. The highest BCUT2D eigenvalue weighted by Gasteiger charge is 2.49. The number of nitrogens with one attached hydrogen (secondary N) is 6. The summed E-state index contributed by atoms with van der Waals surface area (Å²) in [5.41, 5.74) is 3.24. The molecule has 0 bridgehead atoms. The predicted molar refractivity (Wildman–Crippen MR) is 427 cm³/mol. The molecule has 127 heavy (non-hydrogen) atoms. The number of rotatable bonds is 29. The van der Waals surface area contributed by atoms with Gasteiger partial charge in [0.05, 0.1) is 132 Å². The summed E-state index contributed by atoms with van der Waals surface area (Å²) in [5.74, 6) is -25.3. The molecule has 44 heteroatoms. The molecule has 686 valence electrons. The number of nitrogens with zero attached hydrogens (tertiary/aromatic N) is 17. The van der Waals surface area contributed by atoms with Crippen molar-refractivity contribution >= 4 is 63.8 Å². The van der Waals surface area contributed by atoms with Crippen LogP contribution in [-0.4, -0.2) is 185 Å². The van der Waals surface area contributed by atoms with Crippen molar-refractivity contribution in [2.75, 3.05) is 50.6 Å². The minimum Gasteiger partial charge on any atom is -0.380 e. The molecule has 30 nitrogen and oxygen atoms in total. The summed E-state index contributed by atoms with van der Waals surface area (Å²) in [6.45, 7) is 3.32. The van der Waals surface area contributed by atoms with Crippen LogP contribution < -0.4 is 41.7 Å². The van der Waals surface area contributed by atoms with Crippen LogP contribution in [0, 0.1) is 47.3 Å².